The number of rotatable bonds is 2. The van der Waals surface area contributed by atoms with Crippen LogP contribution in [0.25, 0.3) is 10.4 Å². The fraction of sp³-hybridized carbons (Fsp3) is 0.0500. The van der Waals surface area contributed by atoms with Crippen LogP contribution in [0, 0.1) is 12.3 Å². The zero-order chi connectivity index (χ0) is 16.5. The molecule has 2 heterocycles. The second-order valence-electron chi connectivity index (χ2n) is 5.43. The standard InChI is InChI=1S/C20H13NO2S/c1-2-13-6-5-7-15(10-13)21-20(22)18-11-14-12-23-17-9-4-3-8-16(17)19(14)24-18/h1,3-11H,12H2,(H,21,22). The number of anilines is 1. The maximum absolute atomic E-state index is 12.6. The van der Waals surface area contributed by atoms with E-state index in [0.29, 0.717) is 17.2 Å². The van der Waals surface area contributed by atoms with Crippen LogP contribution in [0.4, 0.5) is 5.69 Å². The average molecular weight is 331 g/mol. The van der Waals surface area contributed by atoms with Crippen molar-refractivity contribution in [2.75, 3.05) is 5.32 Å². The second-order valence-corrected chi connectivity index (χ2v) is 6.48. The van der Waals surface area contributed by atoms with E-state index in [0.717, 1.165) is 27.3 Å². The van der Waals surface area contributed by atoms with Crippen LogP contribution in [-0.2, 0) is 6.61 Å². The number of hydrogen-bond donors (Lipinski definition) is 1. The van der Waals surface area contributed by atoms with Crippen LogP contribution in [0.15, 0.2) is 54.6 Å². The highest BCUT2D eigenvalue weighted by molar-refractivity contribution is 7.17. The van der Waals surface area contributed by atoms with Gasteiger partial charge in [0.15, 0.2) is 0 Å². The molecule has 1 aromatic heterocycles. The lowest BCUT2D eigenvalue weighted by atomic mass is 10.1. The Morgan fingerprint density at radius 2 is 2.04 bits per heavy atom. The molecule has 1 N–H and O–H groups in total. The Labute approximate surface area is 143 Å². The third-order valence-corrected chi connectivity index (χ3v) is 5.04. The number of ether oxygens (including phenoxy) is 1. The Bertz CT molecular complexity index is 981. The molecule has 0 atom stereocenters. The van der Waals surface area contributed by atoms with Gasteiger partial charge in [-0.15, -0.1) is 17.8 Å². The van der Waals surface area contributed by atoms with E-state index < -0.39 is 0 Å². The van der Waals surface area contributed by atoms with Gasteiger partial charge in [-0.25, -0.2) is 0 Å². The summed E-state index contributed by atoms with van der Waals surface area (Å²) >= 11 is 1.48. The first-order valence-electron chi connectivity index (χ1n) is 7.47. The average Bonchev–Trinajstić information content (AvgIpc) is 3.07. The molecule has 0 saturated heterocycles. The molecule has 0 saturated carbocycles. The highest BCUT2D eigenvalue weighted by Crippen LogP contribution is 2.42. The molecule has 0 fully saturated rings. The summed E-state index contributed by atoms with van der Waals surface area (Å²) in [7, 11) is 0. The summed E-state index contributed by atoms with van der Waals surface area (Å²) in [6, 6.07) is 17.0. The minimum atomic E-state index is -0.138. The first-order valence-corrected chi connectivity index (χ1v) is 8.29. The number of fused-ring (bicyclic) bond motifs is 3. The first kappa shape index (κ1) is 14.6. The zero-order valence-corrected chi connectivity index (χ0v) is 13.5. The molecule has 116 valence electrons. The molecule has 0 radical (unpaired) electrons. The SMILES string of the molecule is C#Cc1cccc(NC(=O)c2cc3c(s2)-c2ccccc2OC3)c1. The number of amides is 1. The quantitative estimate of drug-likeness (QED) is 0.700. The summed E-state index contributed by atoms with van der Waals surface area (Å²) in [5.74, 6) is 3.29. The predicted molar refractivity (Wildman–Crippen MR) is 96.4 cm³/mol. The van der Waals surface area contributed by atoms with Crippen LogP contribution >= 0.6 is 11.3 Å². The lowest BCUT2D eigenvalue weighted by molar-refractivity contribution is 0.103. The summed E-state index contributed by atoms with van der Waals surface area (Å²) in [4.78, 5) is 14.3. The minimum absolute atomic E-state index is 0.138. The van der Waals surface area contributed by atoms with Gasteiger partial charge in [0.2, 0.25) is 0 Å². The zero-order valence-electron chi connectivity index (χ0n) is 12.7. The van der Waals surface area contributed by atoms with Gasteiger partial charge < -0.3 is 10.1 Å². The smallest absolute Gasteiger partial charge is 0.265 e. The van der Waals surface area contributed by atoms with Crippen LogP contribution < -0.4 is 10.1 Å². The molecule has 4 rings (SSSR count). The molecule has 1 aliphatic heterocycles. The number of hydrogen-bond acceptors (Lipinski definition) is 3. The number of carbonyl (C=O) groups excluding carboxylic acids is 1. The maximum Gasteiger partial charge on any atom is 0.265 e. The lowest BCUT2D eigenvalue weighted by Gasteiger charge is -2.16. The van der Waals surface area contributed by atoms with Crippen molar-refractivity contribution in [3.05, 3.63) is 70.6 Å². The van der Waals surface area contributed by atoms with Crippen molar-refractivity contribution in [2.45, 2.75) is 6.61 Å². The first-order chi connectivity index (χ1) is 11.7. The number of benzene rings is 2. The summed E-state index contributed by atoms with van der Waals surface area (Å²) in [6.07, 6.45) is 5.40. The van der Waals surface area contributed by atoms with Gasteiger partial charge in [-0.05, 0) is 36.4 Å². The molecule has 0 aliphatic carbocycles. The number of thiophene rings is 1. The fourth-order valence-electron chi connectivity index (χ4n) is 2.69. The van der Waals surface area contributed by atoms with E-state index in [1.54, 1.807) is 6.07 Å². The number of terminal acetylenes is 1. The van der Waals surface area contributed by atoms with E-state index >= 15 is 0 Å². The maximum atomic E-state index is 12.6. The van der Waals surface area contributed by atoms with Crippen LogP contribution in [0.1, 0.15) is 20.8 Å². The molecule has 1 aliphatic rings. The van der Waals surface area contributed by atoms with Gasteiger partial charge in [0.1, 0.15) is 12.4 Å². The normalized spacial score (nSPS) is 11.6. The van der Waals surface area contributed by atoms with Gasteiger partial charge in [0.05, 0.1) is 4.88 Å². The molecular weight excluding hydrogens is 318 g/mol. The van der Waals surface area contributed by atoms with Crippen molar-refractivity contribution in [1.82, 2.24) is 0 Å². The van der Waals surface area contributed by atoms with Crippen molar-refractivity contribution in [2.24, 2.45) is 0 Å². The minimum Gasteiger partial charge on any atom is -0.488 e. The Balaban J connectivity index is 1.63. The largest absolute Gasteiger partial charge is 0.488 e. The van der Waals surface area contributed by atoms with Gasteiger partial charge in [0, 0.05) is 27.3 Å². The van der Waals surface area contributed by atoms with Crippen LogP contribution in [0.3, 0.4) is 0 Å². The molecule has 0 bridgehead atoms. The number of carbonyl (C=O) groups is 1. The van der Waals surface area contributed by atoms with Gasteiger partial charge in [0.25, 0.3) is 5.91 Å². The van der Waals surface area contributed by atoms with E-state index in [2.05, 4.69) is 11.2 Å². The molecule has 3 aromatic rings. The van der Waals surface area contributed by atoms with Crippen LogP contribution in [-0.4, -0.2) is 5.91 Å². The van der Waals surface area contributed by atoms with E-state index in [-0.39, 0.29) is 5.91 Å². The molecule has 1 amide bonds. The molecule has 4 heteroatoms. The fourth-order valence-corrected chi connectivity index (χ4v) is 3.78. The Hall–Kier alpha value is -3.03. The van der Waals surface area contributed by atoms with Crippen LogP contribution in [0.2, 0.25) is 0 Å². The highest BCUT2D eigenvalue weighted by Gasteiger charge is 2.22. The lowest BCUT2D eigenvalue weighted by Crippen LogP contribution is -2.10. The molecule has 24 heavy (non-hydrogen) atoms. The molecule has 0 spiro atoms. The van der Waals surface area contributed by atoms with Crippen molar-refractivity contribution >= 4 is 22.9 Å². The number of para-hydroxylation sites is 1. The van der Waals surface area contributed by atoms with Crippen molar-refractivity contribution in [3.8, 4) is 28.5 Å². The monoisotopic (exact) mass is 331 g/mol. The summed E-state index contributed by atoms with van der Waals surface area (Å²) in [5, 5.41) is 2.90. The van der Waals surface area contributed by atoms with Crippen molar-refractivity contribution in [3.63, 3.8) is 0 Å². The van der Waals surface area contributed by atoms with Crippen LogP contribution in [0.5, 0.6) is 5.75 Å². The molecular formula is C20H13NO2S. The third-order valence-electron chi connectivity index (χ3n) is 3.83. The summed E-state index contributed by atoms with van der Waals surface area (Å²) in [6.45, 7) is 0.489. The molecule has 2 aromatic carbocycles. The van der Waals surface area contributed by atoms with E-state index in [1.165, 1.54) is 11.3 Å². The summed E-state index contributed by atoms with van der Waals surface area (Å²) in [5.41, 5.74) is 3.51. The van der Waals surface area contributed by atoms with Gasteiger partial charge in [-0.3, -0.25) is 4.79 Å². The van der Waals surface area contributed by atoms with E-state index in [1.807, 2.05) is 48.5 Å². The van der Waals surface area contributed by atoms with E-state index in [4.69, 9.17) is 11.2 Å². The Morgan fingerprint density at radius 1 is 1.17 bits per heavy atom. The highest BCUT2D eigenvalue weighted by atomic mass is 32.1. The molecule has 0 unspecified atom stereocenters. The summed E-state index contributed by atoms with van der Waals surface area (Å²) < 4.78 is 5.74. The van der Waals surface area contributed by atoms with Gasteiger partial charge in [-0.1, -0.05) is 24.1 Å². The third kappa shape index (κ3) is 2.55. The Kier molecular flexibility index (Phi) is 3.56. The second kappa shape index (κ2) is 5.88. The predicted octanol–water partition coefficient (Wildman–Crippen LogP) is 4.54. The van der Waals surface area contributed by atoms with E-state index in [9.17, 15) is 4.79 Å². The topological polar surface area (TPSA) is 38.3 Å². The molecule has 3 nitrogen and oxygen atoms in total. The number of nitrogens with one attached hydrogen (secondary N) is 1. The van der Waals surface area contributed by atoms with Gasteiger partial charge >= 0.3 is 0 Å². The van der Waals surface area contributed by atoms with Crippen molar-refractivity contribution < 1.29 is 9.53 Å². The Morgan fingerprint density at radius 3 is 2.92 bits per heavy atom. The van der Waals surface area contributed by atoms with Crippen molar-refractivity contribution in [1.29, 1.82) is 0 Å². The van der Waals surface area contributed by atoms with Gasteiger partial charge in [-0.2, -0.15) is 0 Å².